The summed E-state index contributed by atoms with van der Waals surface area (Å²) in [6, 6.07) is 15.0. The third kappa shape index (κ3) is 5.01. The minimum absolute atomic E-state index is 0.0399. The molecule has 4 rings (SSSR count). The van der Waals surface area contributed by atoms with Gasteiger partial charge in [0.2, 0.25) is 11.9 Å². The molecule has 2 aromatic carbocycles. The number of ether oxygens (including phenoxy) is 1. The normalized spacial score (nSPS) is 15.5. The standard InChI is InChI=1S/C24H23FN6O2/c1-33-19-6-2-5-18(11-19)28-23(32)17-4-3-9-31(14-17)22-12-21(29-24(27)30-22)15-7-8-16(13-26)20(25)10-15/h2,5-8,10-12,17H,3-4,9,14H2,1H3,(H,28,32)(H2,27,29,30). The highest BCUT2D eigenvalue weighted by atomic mass is 19.1. The van der Waals surface area contributed by atoms with Crippen molar-refractivity contribution in [1.82, 2.24) is 9.97 Å². The van der Waals surface area contributed by atoms with Crippen molar-refractivity contribution in [2.75, 3.05) is 36.1 Å². The van der Waals surface area contributed by atoms with E-state index in [0.29, 0.717) is 41.6 Å². The van der Waals surface area contributed by atoms with Gasteiger partial charge in [0.25, 0.3) is 0 Å². The number of aromatic nitrogens is 2. The number of anilines is 3. The molecule has 168 valence electrons. The number of nitriles is 1. The molecule has 2 heterocycles. The number of amides is 1. The molecule has 1 fully saturated rings. The largest absolute Gasteiger partial charge is 0.497 e. The maximum Gasteiger partial charge on any atom is 0.229 e. The molecule has 8 nitrogen and oxygen atoms in total. The van der Waals surface area contributed by atoms with Gasteiger partial charge in [-0.15, -0.1) is 0 Å². The lowest BCUT2D eigenvalue weighted by Crippen LogP contribution is -2.41. The smallest absolute Gasteiger partial charge is 0.229 e. The van der Waals surface area contributed by atoms with E-state index in [-0.39, 0.29) is 23.3 Å². The molecule has 1 unspecified atom stereocenters. The maximum atomic E-state index is 14.1. The summed E-state index contributed by atoms with van der Waals surface area (Å²) in [5.74, 6) is 0.347. The average molecular weight is 446 g/mol. The highest BCUT2D eigenvalue weighted by Crippen LogP contribution is 2.28. The Balaban J connectivity index is 1.52. The number of methoxy groups -OCH3 is 1. The van der Waals surface area contributed by atoms with E-state index in [1.807, 2.05) is 23.1 Å². The highest BCUT2D eigenvalue weighted by molar-refractivity contribution is 5.93. The van der Waals surface area contributed by atoms with Crippen LogP contribution >= 0.6 is 0 Å². The molecule has 0 spiro atoms. The van der Waals surface area contributed by atoms with Crippen LogP contribution in [0.3, 0.4) is 0 Å². The number of carbonyl (C=O) groups is 1. The molecule has 0 aliphatic carbocycles. The van der Waals surface area contributed by atoms with Crippen LogP contribution in [-0.4, -0.2) is 36.1 Å². The molecule has 3 aromatic rings. The van der Waals surface area contributed by atoms with Crippen LogP contribution in [0.5, 0.6) is 5.75 Å². The van der Waals surface area contributed by atoms with Crippen molar-refractivity contribution >= 4 is 23.4 Å². The Bertz CT molecular complexity index is 1230. The molecular weight excluding hydrogens is 423 g/mol. The fraction of sp³-hybridized carbons (Fsp3) is 0.250. The van der Waals surface area contributed by atoms with E-state index in [1.165, 1.54) is 12.1 Å². The van der Waals surface area contributed by atoms with Gasteiger partial charge in [-0.1, -0.05) is 12.1 Å². The number of hydrogen-bond acceptors (Lipinski definition) is 7. The fourth-order valence-corrected chi connectivity index (χ4v) is 3.87. The second-order valence-corrected chi connectivity index (χ2v) is 7.78. The minimum Gasteiger partial charge on any atom is -0.497 e. The van der Waals surface area contributed by atoms with Crippen molar-refractivity contribution in [2.45, 2.75) is 12.8 Å². The van der Waals surface area contributed by atoms with Gasteiger partial charge in [0.1, 0.15) is 23.5 Å². The molecule has 0 saturated carbocycles. The zero-order valence-electron chi connectivity index (χ0n) is 18.1. The van der Waals surface area contributed by atoms with Gasteiger partial charge in [-0.2, -0.15) is 10.2 Å². The SMILES string of the molecule is COc1cccc(NC(=O)C2CCCN(c3cc(-c4ccc(C#N)c(F)c4)nc(N)n3)C2)c1. The van der Waals surface area contributed by atoms with Gasteiger partial charge in [0.15, 0.2) is 0 Å². The van der Waals surface area contributed by atoms with E-state index in [4.69, 9.17) is 15.7 Å². The molecule has 1 aliphatic heterocycles. The van der Waals surface area contributed by atoms with E-state index in [0.717, 1.165) is 12.8 Å². The summed E-state index contributed by atoms with van der Waals surface area (Å²) in [5, 5.41) is 11.9. The Kier molecular flexibility index (Phi) is 6.36. The van der Waals surface area contributed by atoms with E-state index in [9.17, 15) is 9.18 Å². The van der Waals surface area contributed by atoms with Crippen molar-refractivity contribution in [2.24, 2.45) is 5.92 Å². The van der Waals surface area contributed by atoms with Crippen molar-refractivity contribution in [1.29, 1.82) is 5.26 Å². The summed E-state index contributed by atoms with van der Waals surface area (Å²) in [6.45, 7) is 1.17. The number of nitrogens with zero attached hydrogens (tertiary/aromatic N) is 4. The fourth-order valence-electron chi connectivity index (χ4n) is 3.87. The lowest BCUT2D eigenvalue weighted by Gasteiger charge is -2.33. The molecule has 1 atom stereocenters. The van der Waals surface area contributed by atoms with Crippen LogP contribution in [0.25, 0.3) is 11.3 Å². The lowest BCUT2D eigenvalue weighted by molar-refractivity contribution is -0.120. The van der Waals surface area contributed by atoms with Crippen LogP contribution < -0.4 is 20.7 Å². The number of carbonyl (C=O) groups excluding carboxylic acids is 1. The van der Waals surface area contributed by atoms with Gasteiger partial charge < -0.3 is 20.7 Å². The first-order chi connectivity index (χ1) is 16.0. The average Bonchev–Trinajstić information content (AvgIpc) is 2.83. The summed E-state index contributed by atoms with van der Waals surface area (Å²) in [6.07, 6.45) is 1.56. The number of rotatable bonds is 5. The monoisotopic (exact) mass is 446 g/mol. The number of halogens is 1. The Hall–Kier alpha value is -4.19. The van der Waals surface area contributed by atoms with Gasteiger partial charge in [-0.25, -0.2) is 9.37 Å². The van der Waals surface area contributed by atoms with Gasteiger partial charge in [0.05, 0.1) is 24.3 Å². The summed E-state index contributed by atoms with van der Waals surface area (Å²) in [7, 11) is 1.58. The molecule has 33 heavy (non-hydrogen) atoms. The summed E-state index contributed by atoms with van der Waals surface area (Å²) >= 11 is 0. The van der Waals surface area contributed by atoms with Gasteiger partial charge in [-0.05, 0) is 37.1 Å². The predicted molar refractivity (Wildman–Crippen MR) is 123 cm³/mol. The molecule has 0 radical (unpaired) electrons. The van der Waals surface area contributed by atoms with Gasteiger partial charge >= 0.3 is 0 Å². The van der Waals surface area contributed by atoms with E-state index in [2.05, 4.69) is 15.3 Å². The van der Waals surface area contributed by atoms with Crippen LogP contribution in [0.2, 0.25) is 0 Å². The number of benzene rings is 2. The van der Waals surface area contributed by atoms with Gasteiger partial charge in [-0.3, -0.25) is 4.79 Å². The lowest BCUT2D eigenvalue weighted by atomic mass is 9.97. The number of nitrogens with one attached hydrogen (secondary N) is 1. The number of hydrogen-bond donors (Lipinski definition) is 2. The zero-order valence-corrected chi connectivity index (χ0v) is 18.1. The van der Waals surface area contributed by atoms with Gasteiger partial charge in [0, 0.05) is 36.5 Å². The number of piperidine rings is 1. The van der Waals surface area contributed by atoms with Crippen molar-refractivity contribution in [3.63, 3.8) is 0 Å². The Morgan fingerprint density at radius 1 is 1.27 bits per heavy atom. The second kappa shape index (κ2) is 9.53. The first-order valence-corrected chi connectivity index (χ1v) is 10.5. The number of nitrogen functional groups attached to an aromatic ring is 1. The minimum atomic E-state index is -0.624. The van der Waals surface area contributed by atoms with Crippen LogP contribution in [0.1, 0.15) is 18.4 Å². The third-order valence-corrected chi connectivity index (χ3v) is 5.57. The Morgan fingerprint density at radius 3 is 2.88 bits per heavy atom. The predicted octanol–water partition coefficient (Wildman–Crippen LogP) is 3.60. The van der Waals surface area contributed by atoms with E-state index < -0.39 is 5.82 Å². The first kappa shape index (κ1) is 22.0. The second-order valence-electron chi connectivity index (χ2n) is 7.78. The molecule has 3 N–H and O–H groups in total. The Morgan fingerprint density at radius 2 is 2.12 bits per heavy atom. The van der Waals surface area contributed by atoms with Crippen LogP contribution in [0.4, 0.5) is 21.8 Å². The number of nitrogens with two attached hydrogens (primary N) is 1. The summed E-state index contributed by atoms with van der Waals surface area (Å²) in [4.78, 5) is 23.4. The van der Waals surface area contributed by atoms with Crippen molar-refractivity contribution in [3.8, 4) is 23.1 Å². The van der Waals surface area contributed by atoms with Crippen LogP contribution in [0.15, 0.2) is 48.5 Å². The van der Waals surface area contributed by atoms with Crippen molar-refractivity contribution in [3.05, 3.63) is 59.9 Å². The maximum absolute atomic E-state index is 14.1. The van der Waals surface area contributed by atoms with Crippen LogP contribution in [0, 0.1) is 23.1 Å². The summed E-state index contributed by atoms with van der Waals surface area (Å²) in [5.41, 5.74) is 7.51. The third-order valence-electron chi connectivity index (χ3n) is 5.57. The van der Waals surface area contributed by atoms with E-state index >= 15 is 0 Å². The molecular formula is C24H23FN6O2. The Labute approximate surface area is 190 Å². The van der Waals surface area contributed by atoms with Crippen molar-refractivity contribution < 1.29 is 13.9 Å². The molecule has 1 amide bonds. The molecule has 1 saturated heterocycles. The topological polar surface area (TPSA) is 117 Å². The van der Waals surface area contributed by atoms with E-state index in [1.54, 1.807) is 31.4 Å². The quantitative estimate of drug-likeness (QED) is 0.615. The summed E-state index contributed by atoms with van der Waals surface area (Å²) < 4.78 is 19.3. The molecule has 1 aliphatic rings. The zero-order chi connectivity index (χ0) is 23.4. The molecule has 1 aromatic heterocycles. The molecule has 0 bridgehead atoms. The first-order valence-electron chi connectivity index (χ1n) is 10.5. The highest BCUT2D eigenvalue weighted by Gasteiger charge is 2.27. The van der Waals surface area contributed by atoms with Crippen LogP contribution in [-0.2, 0) is 4.79 Å². The molecule has 9 heteroatoms.